The first kappa shape index (κ1) is 18.7. The van der Waals surface area contributed by atoms with E-state index in [2.05, 4.69) is 15.7 Å². The van der Waals surface area contributed by atoms with E-state index in [-0.39, 0.29) is 11.8 Å². The highest BCUT2D eigenvalue weighted by atomic mass is 16.5. The Hall–Kier alpha value is -2.67. The van der Waals surface area contributed by atoms with Gasteiger partial charge in [0.2, 0.25) is 5.91 Å². The Morgan fingerprint density at radius 1 is 1.20 bits per heavy atom. The molecule has 0 atom stereocenters. The predicted octanol–water partition coefficient (Wildman–Crippen LogP) is 2.77. The van der Waals surface area contributed by atoms with Crippen LogP contribution in [0.25, 0.3) is 0 Å². The molecule has 0 spiro atoms. The SMILES string of the molecule is COCCn1cc(NC(=O)c2ccccc2NC(=O)C(C)(C)C)cn1. The van der Waals surface area contributed by atoms with Gasteiger partial charge in [0.15, 0.2) is 0 Å². The maximum atomic E-state index is 12.6. The summed E-state index contributed by atoms with van der Waals surface area (Å²) in [5, 5.41) is 9.76. The molecule has 1 aromatic carbocycles. The van der Waals surface area contributed by atoms with E-state index in [1.807, 2.05) is 20.8 Å². The molecule has 0 saturated carbocycles. The second-order valence-corrected chi connectivity index (χ2v) is 6.69. The largest absolute Gasteiger partial charge is 0.383 e. The van der Waals surface area contributed by atoms with Gasteiger partial charge in [-0.2, -0.15) is 5.10 Å². The number of benzene rings is 1. The van der Waals surface area contributed by atoms with Crippen LogP contribution in [0.3, 0.4) is 0 Å². The van der Waals surface area contributed by atoms with Gasteiger partial charge in [0.05, 0.1) is 36.3 Å². The molecule has 0 aliphatic heterocycles. The molecular weight excluding hydrogens is 320 g/mol. The Morgan fingerprint density at radius 3 is 2.60 bits per heavy atom. The Balaban J connectivity index is 2.11. The molecule has 0 aliphatic carbocycles. The van der Waals surface area contributed by atoms with Crippen LogP contribution < -0.4 is 10.6 Å². The zero-order valence-corrected chi connectivity index (χ0v) is 15.0. The average molecular weight is 344 g/mol. The number of hydrogen-bond donors (Lipinski definition) is 2. The highest BCUT2D eigenvalue weighted by Gasteiger charge is 2.23. The van der Waals surface area contributed by atoms with E-state index in [0.29, 0.717) is 30.1 Å². The minimum Gasteiger partial charge on any atom is -0.383 e. The lowest BCUT2D eigenvalue weighted by Crippen LogP contribution is -2.28. The van der Waals surface area contributed by atoms with Crippen molar-refractivity contribution in [2.75, 3.05) is 24.4 Å². The first-order chi connectivity index (χ1) is 11.8. The summed E-state index contributed by atoms with van der Waals surface area (Å²) in [6.45, 7) is 6.60. The summed E-state index contributed by atoms with van der Waals surface area (Å²) in [6.07, 6.45) is 3.30. The Morgan fingerprint density at radius 2 is 1.92 bits per heavy atom. The number of carbonyl (C=O) groups excluding carboxylic acids is 2. The van der Waals surface area contributed by atoms with E-state index in [0.717, 1.165) is 0 Å². The molecule has 0 aliphatic rings. The number of aromatic nitrogens is 2. The van der Waals surface area contributed by atoms with Gasteiger partial charge in [-0.3, -0.25) is 14.3 Å². The lowest BCUT2D eigenvalue weighted by atomic mass is 9.95. The Labute approximate surface area is 147 Å². The van der Waals surface area contributed by atoms with Crippen LogP contribution in [-0.4, -0.2) is 35.3 Å². The molecule has 25 heavy (non-hydrogen) atoms. The molecule has 2 aromatic rings. The van der Waals surface area contributed by atoms with E-state index in [1.54, 1.807) is 48.5 Å². The fraction of sp³-hybridized carbons (Fsp3) is 0.389. The van der Waals surface area contributed by atoms with E-state index in [4.69, 9.17) is 4.74 Å². The molecule has 0 fully saturated rings. The highest BCUT2D eigenvalue weighted by Crippen LogP contribution is 2.21. The minimum atomic E-state index is -0.550. The fourth-order valence-corrected chi connectivity index (χ4v) is 2.03. The van der Waals surface area contributed by atoms with Gasteiger partial charge in [-0.1, -0.05) is 32.9 Å². The molecule has 7 heteroatoms. The first-order valence-electron chi connectivity index (χ1n) is 8.04. The summed E-state index contributed by atoms with van der Waals surface area (Å²) in [5.74, 6) is -0.462. The molecule has 1 heterocycles. The molecule has 0 bridgehead atoms. The summed E-state index contributed by atoms with van der Waals surface area (Å²) in [6, 6.07) is 6.91. The quantitative estimate of drug-likeness (QED) is 0.844. The standard InChI is InChI=1S/C18H24N4O3/c1-18(2,3)17(24)21-15-8-6-5-7-14(15)16(23)20-13-11-19-22(12-13)9-10-25-4/h5-8,11-12H,9-10H2,1-4H3,(H,20,23)(H,21,24). The second kappa shape index (κ2) is 7.94. The number of anilines is 2. The van der Waals surface area contributed by atoms with Gasteiger partial charge in [0, 0.05) is 18.7 Å². The zero-order chi connectivity index (χ0) is 18.4. The molecule has 0 unspecified atom stereocenters. The van der Waals surface area contributed by atoms with Gasteiger partial charge in [0.1, 0.15) is 0 Å². The third kappa shape index (κ3) is 5.15. The highest BCUT2D eigenvalue weighted by molar-refractivity contribution is 6.10. The van der Waals surface area contributed by atoms with Crippen molar-refractivity contribution in [3.8, 4) is 0 Å². The smallest absolute Gasteiger partial charge is 0.257 e. The van der Waals surface area contributed by atoms with Crippen LogP contribution in [0.2, 0.25) is 0 Å². The number of nitrogens with zero attached hydrogens (tertiary/aromatic N) is 2. The predicted molar refractivity (Wildman–Crippen MR) is 96.6 cm³/mol. The topological polar surface area (TPSA) is 85.2 Å². The molecule has 134 valence electrons. The van der Waals surface area contributed by atoms with Gasteiger partial charge < -0.3 is 15.4 Å². The van der Waals surface area contributed by atoms with E-state index in [1.165, 1.54) is 0 Å². The normalized spacial score (nSPS) is 11.2. The van der Waals surface area contributed by atoms with Crippen molar-refractivity contribution in [3.63, 3.8) is 0 Å². The van der Waals surface area contributed by atoms with E-state index >= 15 is 0 Å². The molecular formula is C18H24N4O3. The number of para-hydroxylation sites is 1. The fourth-order valence-electron chi connectivity index (χ4n) is 2.03. The number of carbonyl (C=O) groups is 2. The molecule has 7 nitrogen and oxygen atoms in total. The van der Waals surface area contributed by atoms with Crippen molar-refractivity contribution in [2.45, 2.75) is 27.3 Å². The van der Waals surface area contributed by atoms with E-state index < -0.39 is 5.41 Å². The number of hydrogen-bond acceptors (Lipinski definition) is 4. The number of methoxy groups -OCH3 is 1. The van der Waals surface area contributed by atoms with Crippen molar-refractivity contribution in [1.29, 1.82) is 0 Å². The van der Waals surface area contributed by atoms with Gasteiger partial charge in [0.25, 0.3) is 5.91 Å². The molecule has 2 N–H and O–H groups in total. The lowest BCUT2D eigenvalue weighted by molar-refractivity contribution is -0.123. The van der Waals surface area contributed by atoms with Crippen LogP contribution in [0.5, 0.6) is 0 Å². The number of ether oxygens (including phenoxy) is 1. The molecule has 1 aromatic heterocycles. The van der Waals surface area contributed by atoms with Crippen molar-refractivity contribution in [3.05, 3.63) is 42.2 Å². The third-order valence-corrected chi connectivity index (χ3v) is 3.52. The number of rotatable bonds is 6. The van der Waals surface area contributed by atoms with Crippen molar-refractivity contribution in [2.24, 2.45) is 5.41 Å². The van der Waals surface area contributed by atoms with Crippen LogP contribution in [0.4, 0.5) is 11.4 Å². The zero-order valence-electron chi connectivity index (χ0n) is 15.0. The van der Waals surface area contributed by atoms with Gasteiger partial charge in [-0.15, -0.1) is 0 Å². The first-order valence-corrected chi connectivity index (χ1v) is 8.04. The summed E-state index contributed by atoms with van der Waals surface area (Å²) in [4.78, 5) is 24.8. The average Bonchev–Trinajstić information content (AvgIpc) is 2.99. The number of amides is 2. The maximum absolute atomic E-state index is 12.6. The second-order valence-electron chi connectivity index (χ2n) is 6.69. The molecule has 2 rings (SSSR count). The van der Waals surface area contributed by atoms with Gasteiger partial charge in [-0.25, -0.2) is 0 Å². The van der Waals surface area contributed by atoms with Crippen LogP contribution in [-0.2, 0) is 16.1 Å². The van der Waals surface area contributed by atoms with Crippen LogP contribution in [0.1, 0.15) is 31.1 Å². The van der Waals surface area contributed by atoms with Crippen LogP contribution >= 0.6 is 0 Å². The monoisotopic (exact) mass is 344 g/mol. The van der Waals surface area contributed by atoms with Crippen molar-refractivity contribution >= 4 is 23.2 Å². The molecule has 0 radical (unpaired) electrons. The lowest BCUT2D eigenvalue weighted by Gasteiger charge is -2.19. The van der Waals surface area contributed by atoms with Gasteiger partial charge in [-0.05, 0) is 12.1 Å². The molecule has 0 saturated heterocycles. The minimum absolute atomic E-state index is 0.153. The van der Waals surface area contributed by atoms with Crippen LogP contribution in [0, 0.1) is 5.41 Å². The van der Waals surface area contributed by atoms with E-state index in [9.17, 15) is 9.59 Å². The number of nitrogens with one attached hydrogen (secondary N) is 2. The maximum Gasteiger partial charge on any atom is 0.257 e. The third-order valence-electron chi connectivity index (χ3n) is 3.52. The van der Waals surface area contributed by atoms with Crippen molar-refractivity contribution < 1.29 is 14.3 Å². The summed E-state index contributed by atoms with van der Waals surface area (Å²) in [7, 11) is 1.62. The summed E-state index contributed by atoms with van der Waals surface area (Å²) in [5.41, 5.74) is 0.904. The Kier molecular flexibility index (Phi) is 5.93. The van der Waals surface area contributed by atoms with Crippen LogP contribution in [0.15, 0.2) is 36.7 Å². The summed E-state index contributed by atoms with van der Waals surface area (Å²) >= 11 is 0. The summed E-state index contributed by atoms with van der Waals surface area (Å²) < 4.78 is 6.68. The van der Waals surface area contributed by atoms with Crippen molar-refractivity contribution in [1.82, 2.24) is 9.78 Å². The Bertz CT molecular complexity index is 747. The molecule has 2 amide bonds. The van der Waals surface area contributed by atoms with Gasteiger partial charge >= 0.3 is 0 Å².